The Kier molecular flexibility index (Phi) is 7.41. The van der Waals surface area contributed by atoms with Crippen LogP contribution in [0.25, 0.3) is 6.08 Å². The second-order valence-electron chi connectivity index (χ2n) is 7.99. The predicted octanol–water partition coefficient (Wildman–Crippen LogP) is 2.51. The molecule has 1 saturated heterocycles. The highest BCUT2D eigenvalue weighted by molar-refractivity contribution is 5.82. The molecule has 1 fully saturated rings. The SMILES string of the molecule is COc1ccc(/C=C/CN2C[C@@H](n3cnnn3)C[C@H]2C(=O)NCCc2ccc(F)cc2)cc1. The van der Waals surface area contributed by atoms with E-state index in [-0.39, 0.29) is 23.8 Å². The minimum absolute atomic E-state index is 0.0227. The van der Waals surface area contributed by atoms with Gasteiger partial charge in [0.2, 0.25) is 5.91 Å². The smallest absolute Gasteiger partial charge is 0.237 e. The van der Waals surface area contributed by atoms with Crippen LogP contribution in [-0.2, 0) is 11.2 Å². The van der Waals surface area contributed by atoms with Gasteiger partial charge >= 0.3 is 0 Å². The number of aromatic nitrogens is 4. The number of halogens is 1. The Bertz CT molecular complexity index is 1050. The fourth-order valence-electron chi connectivity index (χ4n) is 4.02. The van der Waals surface area contributed by atoms with Gasteiger partial charge in [-0.15, -0.1) is 5.10 Å². The lowest BCUT2D eigenvalue weighted by molar-refractivity contribution is -0.125. The van der Waals surface area contributed by atoms with Gasteiger partial charge in [0.1, 0.15) is 17.9 Å². The Morgan fingerprint density at radius 2 is 2.00 bits per heavy atom. The summed E-state index contributed by atoms with van der Waals surface area (Å²) in [6, 6.07) is 13.9. The third kappa shape index (κ3) is 6.01. The van der Waals surface area contributed by atoms with Crippen molar-refractivity contribution in [1.82, 2.24) is 30.4 Å². The molecule has 8 nitrogen and oxygen atoms in total. The predicted molar refractivity (Wildman–Crippen MR) is 122 cm³/mol. The summed E-state index contributed by atoms with van der Waals surface area (Å²) in [5.41, 5.74) is 2.04. The first kappa shape index (κ1) is 22.6. The van der Waals surface area contributed by atoms with Crippen molar-refractivity contribution in [1.29, 1.82) is 0 Å². The van der Waals surface area contributed by atoms with Gasteiger partial charge in [-0.2, -0.15) is 0 Å². The fourth-order valence-corrected chi connectivity index (χ4v) is 4.02. The van der Waals surface area contributed by atoms with Crippen LogP contribution < -0.4 is 10.1 Å². The average molecular weight is 451 g/mol. The number of nitrogens with one attached hydrogen (secondary N) is 1. The third-order valence-electron chi connectivity index (χ3n) is 5.82. The fraction of sp³-hybridized carbons (Fsp3) is 0.333. The molecule has 2 atom stereocenters. The maximum absolute atomic E-state index is 13.1. The summed E-state index contributed by atoms with van der Waals surface area (Å²) in [4.78, 5) is 15.1. The normalized spacial score (nSPS) is 18.6. The van der Waals surface area contributed by atoms with Crippen LogP contribution >= 0.6 is 0 Å². The van der Waals surface area contributed by atoms with E-state index in [1.165, 1.54) is 12.1 Å². The van der Waals surface area contributed by atoms with E-state index in [0.29, 0.717) is 32.5 Å². The Morgan fingerprint density at radius 1 is 1.21 bits per heavy atom. The molecule has 1 aromatic heterocycles. The number of amides is 1. The van der Waals surface area contributed by atoms with Crippen molar-refractivity contribution in [3.63, 3.8) is 0 Å². The number of carbonyl (C=O) groups is 1. The first-order valence-corrected chi connectivity index (χ1v) is 10.9. The number of hydrogen-bond donors (Lipinski definition) is 1. The third-order valence-corrected chi connectivity index (χ3v) is 5.82. The maximum Gasteiger partial charge on any atom is 0.237 e. The van der Waals surface area contributed by atoms with Gasteiger partial charge in [-0.25, -0.2) is 9.07 Å². The minimum atomic E-state index is -0.284. The molecule has 33 heavy (non-hydrogen) atoms. The second kappa shape index (κ2) is 10.8. The molecule has 2 heterocycles. The largest absolute Gasteiger partial charge is 0.497 e. The highest BCUT2D eigenvalue weighted by Gasteiger charge is 2.37. The number of ether oxygens (including phenoxy) is 1. The molecular formula is C24H27FN6O2. The van der Waals surface area contributed by atoms with Crippen molar-refractivity contribution in [3.05, 3.63) is 77.9 Å². The zero-order valence-corrected chi connectivity index (χ0v) is 18.5. The summed E-state index contributed by atoms with van der Waals surface area (Å²) in [6.45, 7) is 1.79. The minimum Gasteiger partial charge on any atom is -0.497 e. The summed E-state index contributed by atoms with van der Waals surface area (Å²) in [7, 11) is 1.64. The highest BCUT2D eigenvalue weighted by atomic mass is 19.1. The average Bonchev–Trinajstić information content (AvgIpc) is 3.51. The van der Waals surface area contributed by atoms with E-state index in [4.69, 9.17) is 4.74 Å². The van der Waals surface area contributed by atoms with E-state index in [1.807, 2.05) is 30.3 Å². The van der Waals surface area contributed by atoms with Gasteiger partial charge in [0.25, 0.3) is 0 Å². The van der Waals surface area contributed by atoms with Crippen LogP contribution in [0.4, 0.5) is 4.39 Å². The number of benzene rings is 2. The molecule has 0 saturated carbocycles. The van der Waals surface area contributed by atoms with E-state index < -0.39 is 0 Å². The molecule has 0 radical (unpaired) electrons. The van der Waals surface area contributed by atoms with Gasteiger partial charge in [-0.05, 0) is 58.7 Å². The Labute approximate surface area is 192 Å². The molecule has 0 bridgehead atoms. The van der Waals surface area contributed by atoms with E-state index in [9.17, 15) is 9.18 Å². The zero-order chi connectivity index (χ0) is 23.0. The lowest BCUT2D eigenvalue weighted by Crippen LogP contribution is -2.43. The van der Waals surface area contributed by atoms with Crippen LogP contribution in [0.3, 0.4) is 0 Å². The van der Waals surface area contributed by atoms with Crippen LogP contribution in [0.1, 0.15) is 23.6 Å². The van der Waals surface area contributed by atoms with Crippen molar-refractivity contribution in [2.24, 2.45) is 0 Å². The summed E-state index contributed by atoms with van der Waals surface area (Å²) in [5.74, 6) is 0.527. The van der Waals surface area contributed by atoms with Crippen molar-refractivity contribution < 1.29 is 13.9 Å². The Hall–Kier alpha value is -3.59. The van der Waals surface area contributed by atoms with Gasteiger partial charge in [0, 0.05) is 19.6 Å². The van der Waals surface area contributed by atoms with Crippen LogP contribution in [0.5, 0.6) is 5.75 Å². The molecule has 0 unspecified atom stereocenters. The van der Waals surface area contributed by atoms with E-state index in [1.54, 1.807) is 30.3 Å². The standard InChI is InChI=1S/C24H27FN6O2/c1-33-22-10-6-18(7-11-22)3-2-14-30-16-21(31-17-27-28-29-31)15-23(30)24(32)26-13-12-19-4-8-20(25)9-5-19/h2-11,17,21,23H,12-16H2,1H3,(H,26,32)/b3-2+/t21-,23-/m0/s1. The molecule has 1 aliphatic rings. The summed E-state index contributed by atoms with van der Waals surface area (Å²) >= 11 is 0. The molecule has 1 N–H and O–H groups in total. The Balaban J connectivity index is 1.37. The van der Waals surface area contributed by atoms with Crippen molar-refractivity contribution in [3.8, 4) is 5.75 Å². The molecule has 1 amide bonds. The van der Waals surface area contributed by atoms with Crippen molar-refractivity contribution in [2.45, 2.75) is 24.9 Å². The molecule has 0 aliphatic carbocycles. The summed E-state index contributed by atoms with van der Waals surface area (Å²) < 4.78 is 20.0. The summed E-state index contributed by atoms with van der Waals surface area (Å²) in [5, 5.41) is 14.5. The first-order chi connectivity index (χ1) is 16.1. The van der Waals surface area contributed by atoms with Gasteiger partial charge in [-0.3, -0.25) is 9.69 Å². The number of likely N-dealkylation sites (tertiary alicyclic amines) is 1. The number of carbonyl (C=O) groups excluding carboxylic acids is 1. The van der Waals surface area contributed by atoms with Crippen LogP contribution in [-0.4, -0.2) is 63.8 Å². The monoisotopic (exact) mass is 450 g/mol. The van der Waals surface area contributed by atoms with E-state index >= 15 is 0 Å². The number of rotatable bonds is 9. The van der Waals surface area contributed by atoms with Crippen molar-refractivity contribution in [2.75, 3.05) is 26.7 Å². The van der Waals surface area contributed by atoms with Crippen LogP contribution in [0.15, 0.2) is 60.9 Å². The lowest BCUT2D eigenvalue weighted by Gasteiger charge is -2.22. The molecule has 172 valence electrons. The molecule has 1 aliphatic heterocycles. The van der Waals surface area contributed by atoms with E-state index in [0.717, 1.165) is 16.9 Å². The van der Waals surface area contributed by atoms with Crippen LogP contribution in [0, 0.1) is 5.82 Å². The van der Waals surface area contributed by atoms with Gasteiger partial charge in [-0.1, -0.05) is 36.4 Å². The van der Waals surface area contributed by atoms with E-state index in [2.05, 4.69) is 31.8 Å². The zero-order valence-electron chi connectivity index (χ0n) is 18.5. The van der Waals surface area contributed by atoms with Gasteiger partial charge in [0.15, 0.2) is 0 Å². The number of nitrogens with zero attached hydrogens (tertiary/aromatic N) is 5. The quantitative estimate of drug-likeness (QED) is 0.539. The lowest BCUT2D eigenvalue weighted by atomic mass is 10.1. The number of tetrazole rings is 1. The molecule has 2 aromatic carbocycles. The highest BCUT2D eigenvalue weighted by Crippen LogP contribution is 2.26. The first-order valence-electron chi connectivity index (χ1n) is 10.9. The number of hydrogen-bond acceptors (Lipinski definition) is 6. The second-order valence-corrected chi connectivity index (χ2v) is 7.99. The Morgan fingerprint density at radius 3 is 2.70 bits per heavy atom. The van der Waals surface area contributed by atoms with Gasteiger partial charge < -0.3 is 10.1 Å². The summed E-state index contributed by atoms with van der Waals surface area (Å²) in [6.07, 6.45) is 6.96. The van der Waals surface area contributed by atoms with Crippen LogP contribution in [0.2, 0.25) is 0 Å². The molecule has 4 rings (SSSR count). The number of methoxy groups -OCH3 is 1. The molecule has 9 heteroatoms. The van der Waals surface area contributed by atoms with Gasteiger partial charge in [0.05, 0.1) is 19.2 Å². The molecule has 3 aromatic rings. The topological polar surface area (TPSA) is 85.2 Å². The molecule has 0 spiro atoms. The van der Waals surface area contributed by atoms with Crippen molar-refractivity contribution >= 4 is 12.0 Å². The molecular weight excluding hydrogens is 423 g/mol. The maximum atomic E-state index is 13.1.